The fourth-order valence-electron chi connectivity index (χ4n) is 3.07. The predicted molar refractivity (Wildman–Crippen MR) is 68.2 cm³/mol. The second-order valence-corrected chi connectivity index (χ2v) is 5.88. The maximum atomic E-state index is 12.5. The van der Waals surface area contributed by atoms with Crippen molar-refractivity contribution in [2.45, 2.75) is 44.7 Å². The molecule has 2 aliphatic rings. The molecular weight excluding hydrogens is 232 g/mol. The van der Waals surface area contributed by atoms with E-state index in [1.807, 2.05) is 6.92 Å². The number of aromatic nitrogens is 1. The first kappa shape index (κ1) is 11.0. The van der Waals surface area contributed by atoms with E-state index < -0.39 is 0 Å². The van der Waals surface area contributed by atoms with Gasteiger partial charge in [0.25, 0.3) is 5.91 Å². The predicted octanol–water partition coefficient (Wildman–Crippen LogP) is 2.77. The average molecular weight is 248 g/mol. The van der Waals surface area contributed by atoms with Gasteiger partial charge in [-0.25, -0.2) is 4.98 Å². The molecule has 1 amide bonds. The molecule has 2 bridgehead atoms. The van der Waals surface area contributed by atoms with Gasteiger partial charge in [0.2, 0.25) is 0 Å². The van der Waals surface area contributed by atoms with Crippen molar-refractivity contribution in [3.63, 3.8) is 0 Å². The molecule has 4 heteroatoms. The summed E-state index contributed by atoms with van der Waals surface area (Å²) in [6.07, 6.45) is 4.24. The lowest BCUT2D eigenvalue weighted by molar-refractivity contribution is 0.0639. The molecule has 3 rings (SSSR count). The number of amides is 1. The number of carbonyl (C=O) groups is 1. The highest BCUT2D eigenvalue weighted by Crippen LogP contribution is 2.39. The Balaban J connectivity index is 1.89. The summed E-state index contributed by atoms with van der Waals surface area (Å²) in [5, 5.41) is 0. The minimum atomic E-state index is 0.185. The van der Waals surface area contributed by atoms with E-state index in [1.165, 1.54) is 16.9 Å². The molecule has 2 aliphatic heterocycles. The van der Waals surface area contributed by atoms with E-state index in [2.05, 4.69) is 16.5 Å². The Labute approximate surface area is 105 Å². The first-order valence-electron chi connectivity index (χ1n) is 6.06. The van der Waals surface area contributed by atoms with Gasteiger partial charge in [0.15, 0.2) is 0 Å². The van der Waals surface area contributed by atoms with Crippen LogP contribution in [0.5, 0.6) is 0 Å². The van der Waals surface area contributed by atoms with Crippen LogP contribution in [0.4, 0.5) is 0 Å². The zero-order valence-corrected chi connectivity index (χ0v) is 10.8. The zero-order chi connectivity index (χ0) is 12.0. The molecule has 2 saturated heterocycles. The summed E-state index contributed by atoms with van der Waals surface area (Å²) in [7, 11) is 0. The van der Waals surface area contributed by atoms with E-state index >= 15 is 0 Å². The monoisotopic (exact) mass is 248 g/mol. The van der Waals surface area contributed by atoms with Gasteiger partial charge in [-0.15, -0.1) is 11.3 Å². The lowest BCUT2D eigenvalue weighted by Gasteiger charge is -2.35. The number of nitrogens with zero attached hydrogens (tertiary/aromatic N) is 2. The lowest BCUT2D eigenvalue weighted by atomic mass is 9.98. The highest BCUT2D eigenvalue weighted by molar-refractivity contribution is 7.11. The Kier molecular flexibility index (Phi) is 2.54. The minimum Gasteiger partial charge on any atom is -0.331 e. The third-order valence-corrected chi connectivity index (χ3v) is 4.76. The van der Waals surface area contributed by atoms with Crippen molar-refractivity contribution in [2.24, 2.45) is 0 Å². The van der Waals surface area contributed by atoms with Crippen LogP contribution in [-0.4, -0.2) is 27.9 Å². The van der Waals surface area contributed by atoms with Crippen LogP contribution < -0.4 is 0 Å². The maximum absolute atomic E-state index is 12.5. The van der Waals surface area contributed by atoms with Crippen LogP contribution in [0.3, 0.4) is 0 Å². The molecule has 0 N–H and O–H groups in total. The SMILES string of the molecule is C=C1CC2CCC(C1)N2C(=O)c1scnc1C. The number of thiazole rings is 1. The van der Waals surface area contributed by atoms with Crippen LogP contribution in [0.1, 0.15) is 41.0 Å². The van der Waals surface area contributed by atoms with Gasteiger partial charge in [-0.05, 0) is 32.6 Å². The standard InChI is InChI=1S/C13H16N2OS/c1-8-5-10-3-4-11(6-8)15(10)13(16)12-9(2)14-7-17-12/h7,10-11H,1,3-6H2,2H3. The summed E-state index contributed by atoms with van der Waals surface area (Å²) in [5.41, 5.74) is 3.93. The summed E-state index contributed by atoms with van der Waals surface area (Å²) in [4.78, 5) is 19.6. The molecule has 2 fully saturated rings. The van der Waals surface area contributed by atoms with Crippen molar-refractivity contribution in [3.8, 4) is 0 Å². The molecule has 1 aromatic rings. The van der Waals surface area contributed by atoms with Crippen molar-refractivity contribution in [1.29, 1.82) is 0 Å². The molecule has 0 radical (unpaired) electrons. The van der Waals surface area contributed by atoms with Crippen molar-refractivity contribution >= 4 is 17.2 Å². The van der Waals surface area contributed by atoms with Crippen LogP contribution in [-0.2, 0) is 0 Å². The van der Waals surface area contributed by atoms with Crippen LogP contribution in [0, 0.1) is 6.92 Å². The van der Waals surface area contributed by atoms with Gasteiger partial charge < -0.3 is 4.90 Å². The van der Waals surface area contributed by atoms with E-state index in [9.17, 15) is 4.79 Å². The molecule has 2 atom stereocenters. The molecule has 0 aromatic carbocycles. The number of carbonyl (C=O) groups excluding carboxylic acids is 1. The van der Waals surface area contributed by atoms with Crippen LogP contribution in [0.15, 0.2) is 17.7 Å². The van der Waals surface area contributed by atoms with E-state index in [0.717, 1.165) is 36.3 Å². The van der Waals surface area contributed by atoms with E-state index in [0.29, 0.717) is 12.1 Å². The molecule has 1 aromatic heterocycles. The van der Waals surface area contributed by atoms with Crippen molar-refractivity contribution in [1.82, 2.24) is 9.88 Å². The first-order chi connectivity index (χ1) is 8.16. The number of piperidine rings is 1. The Morgan fingerprint density at radius 2 is 2.12 bits per heavy atom. The van der Waals surface area contributed by atoms with Gasteiger partial charge in [-0.2, -0.15) is 0 Å². The van der Waals surface area contributed by atoms with E-state index in [4.69, 9.17) is 0 Å². The molecule has 0 saturated carbocycles. The third kappa shape index (κ3) is 1.71. The fourth-order valence-corrected chi connectivity index (χ4v) is 3.81. The maximum Gasteiger partial charge on any atom is 0.266 e. The van der Waals surface area contributed by atoms with Gasteiger partial charge in [0, 0.05) is 12.1 Å². The number of hydrogen-bond donors (Lipinski definition) is 0. The van der Waals surface area contributed by atoms with Crippen molar-refractivity contribution in [3.05, 3.63) is 28.2 Å². The largest absolute Gasteiger partial charge is 0.331 e. The molecule has 3 heterocycles. The number of hydrogen-bond acceptors (Lipinski definition) is 3. The van der Waals surface area contributed by atoms with E-state index in [1.54, 1.807) is 5.51 Å². The first-order valence-corrected chi connectivity index (χ1v) is 6.94. The molecule has 90 valence electrons. The summed E-state index contributed by atoms with van der Waals surface area (Å²) >= 11 is 1.46. The summed E-state index contributed by atoms with van der Waals surface area (Å²) in [6, 6.07) is 0.769. The van der Waals surface area contributed by atoms with Gasteiger partial charge in [-0.3, -0.25) is 4.79 Å². The smallest absolute Gasteiger partial charge is 0.266 e. The Hall–Kier alpha value is -1.16. The summed E-state index contributed by atoms with van der Waals surface area (Å²) < 4.78 is 0. The summed E-state index contributed by atoms with van der Waals surface area (Å²) in [6.45, 7) is 5.99. The molecule has 3 nitrogen and oxygen atoms in total. The number of aryl methyl sites for hydroxylation is 1. The van der Waals surface area contributed by atoms with Gasteiger partial charge in [-0.1, -0.05) is 12.2 Å². The zero-order valence-electron chi connectivity index (χ0n) is 9.98. The number of rotatable bonds is 1. The Morgan fingerprint density at radius 1 is 1.47 bits per heavy atom. The average Bonchev–Trinajstić information content (AvgIpc) is 2.81. The lowest BCUT2D eigenvalue weighted by Crippen LogP contribution is -2.44. The second-order valence-electron chi connectivity index (χ2n) is 5.02. The van der Waals surface area contributed by atoms with Crippen molar-refractivity contribution < 1.29 is 4.79 Å². The van der Waals surface area contributed by atoms with Crippen LogP contribution in [0.2, 0.25) is 0 Å². The molecule has 0 spiro atoms. The van der Waals surface area contributed by atoms with Gasteiger partial charge in [0.1, 0.15) is 4.88 Å². The van der Waals surface area contributed by atoms with Crippen molar-refractivity contribution in [2.75, 3.05) is 0 Å². The third-order valence-electron chi connectivity index (χ3n) is 3.84. The van der Waals surface area contributed by atoms with E-state index in [-0.39, 0.29) is 5.91 Å². The molecule has 0 aliphatic carbocycles. The van der Waals surface area contributed by atoms with Gasteiger partial charge in [0.05, 0.1) is 11.2 Å². The normalized spacial score (nSPS) is 27.6. The molecule has 2 unspecified atom stereocenters. The van der Waals surface area contributed by atoms with Crippen LogP contribution in [0.25, 0.3) is 0 Å². The summed E-state index contributed by atoms with van der Waals surface area (Å²) in [5.74, 6) is 0.185. The second kappa shape index (κ2) is 3.95. The van der Waals surface area contributed by atoms with Crippen LogP contribution >= 0.6 is 11.3 Å². The molecule has 17 heavy (non-hydrogen) atoms. The highest BCUT2D eigenvalue weighted by atomic mass is 32.1. The minimum absolute atomic E-state index is 0.185. The Bertz CT molecular complexity index is 464. The Morgan fingerprint density at radius 3 is 2.65 bits per heavy atom. The van der Waals surface area contributed by atoms with Gasteiger partial charge >= 0.3 is 0 Å². The fraction of sp³-hybridized carbons (Fsp3) is 0.538. The quantitative estimate of drug-likeness (QED) is 0.716. The highest BCUT2D eigenvalue weighted by Gasteiger charge is 2.41. The topological polar surface area (TPSA) is 33.2 Å². The number of fused-ring (bicyclic) bond motifs is 2. The molecular formula is C13H16N2OS.